The molecular formula is C34H47F4N3O3. The van der Waals surface area contributed by atoms with Crippen LogP contribution in [0.15, 0.2) is 55.0 Å². The number of nitrogens with one attached hydrogen (secondary N) is 1. The van der Waals surface area contributed by atoms with Crippen molar-refractivity contribution < 1.29 is 32.2 Å². The van der Waals surface area contributed by atoms with Crippen LogP contribution in [0.5, 0.6) is 5.75 Å². The number of unbranched alkanes of at least 4 members (excludes halogenated alkanes) is 1. The Morgan fingerprint density at radius 1 is 1.14 bits per heavy atom. The van der Waals surface area contributed by atoms with E-state index in [9.17, 15) is 27.5 Å². The van der Waals surface area contributed by atoms with E-state index in [2.05, 4.69) is 53.4 Å². The molecule has 2 heterocycles. The molecule has 6 nitrogen and oxygen atoms in total. The number of aromatic nitrogens is 1. The molecule has 1 fully saturated rings. The third-order valence-electron chi connectivity index (χ3n) is 7.81. The second-order valence-corrected chi connectivity index (χ2v) is 11.1. The minimum absolute atomic E-state index is 0.192. The van der Waals surface area contributed by atoms with Crippen LogP contribution < -0.4 is 15.0 Å². The van der Waals surface area contributed by atoms with Crippen LogP contribution in [-0.2, 0) is 4.79 Å². The Bertz CT molecular complexity index is 1220. The van der Waals surface area contributed by atoms with E-state index < -0.39 is 18.0 Å². The SMILES string of the molecule is C=C(F)C(=O)C(C)CC.CCC/C=C(\c1c(N2CC(CCO)C2)ccnc1Nc1ccc(OC(F)(F)F)cc1)C(CC)CC. The number of carbonyl (C=O) groups excluding carboxylic acids is 1. The van der Waals surface area contributed by atoms with Crippen LogP contribution in [0.3, 0.4) is 0 Å². The molecule has 244 valence electrons. The highest BCUT2D eigenvalue weighted by Gasteiger charge is 2.32. The standard InChI is InChI=1S/C27H36F3N3O2.C7H11FO/c1-4-7-8-23(20(5-2)6-3)25-24(33-17-19(18-33)14-16-34)13-15-31-26(25)32-21-9-11-22(12-10-21)35-27(28,29)30;1-4-5(2)7(9)6(3)8/h8-13,15,19-20,34H,4-7,14,16-18H2,1-3H3,(H,31,32);5H,3-4H2,1-2H3/b23-8-;. The predicted octanol–water partition coefficient (Wildman–Crippen LogP) is 9.25. The summed E-state index contributed by atoms with van der Waals surface area (Å²) in [5.41, 5.74) is 4.03. The Kier molecular flexibility index (Phi) is 14.9. The lowest BCUT2D eigenvalue weighted by Gasteiger charge is -2.42. The van der Waals surface area contributed by atoms with Crippen molar-refractivity contribution in [3.8, 4) is 5.75 Å². The summed E-state index contributed by atoms with van der Waals surface area (Å²) in [6.45, 7) is 14.9. The van der Waals surface area contributed by atoms with Gasteiger partial charge in [-0.05, 0) is 79.8 Å². The molecule has 44 heavy (non-hydrogen) atoms. The maximum atomic E-state index is 12.5. The van der Waals surface area contributed by atoms with Crippen molar-refractivity contribution in [1.82, 2.24) is 4.98 Å². The monoisotopic (exact) mass is 621 g/mol. The van der Waals surface area contributed by atoms with Crippen LogP contribution >= 0.6 is 0 Å². The number of Topliss-reactive ketones (excluding diaryl/α,β-unsaturated/α-hetero) is 1. The van der Waals surface area contributed by atoms with Crippen molar-refractivity contribution in [3.05, 3.63) is 60.6 Å². The molecule has 1 aromatic heterocycles. The van der Waals surface area contributed by atoms with Crippen molar-refractivity contribution in [2.24, 2.45) is 17.8 Å². The van der Waals surface area contributed by atoms with E-state index in [1.165, 1.54) is 17.7 Å². The topological polar surface area (TPSA) is 74.7 Å². The van der Waals surface area contributed by atoms with Crippen molar-refractivity contribution >= 4 is 28.5 Å². The summed E-state index contributed by atoms with van der Waals surface area (Å²) in [5, 5.41) is 12.7. The molecule has 10 heteroatoms. The Balaban J connectivity index is 0.000000651. The van der Waals surface area contributed by atoms with Gasteiger partial charge < -0.3 is 20.1 Å². The lowest BCUT2D eigenvalue weighted by molar-refractivity contribution is -0.274. The number of rotatable bonds is 15. The maximum absolute atomic E-state index is 12.5. The number of anilines is 3. The molecule has 1 aromatic carbocycles. The molecule has 0 aliphatic carbocycles. The highest BCUT2D eigenvalue weighted by molar-refractivity contribution is 5.94. The minimum atomic E-state index is -4.72. The zero-order chi connectivity index (χ0) is 32.9. The fraction of sp³-hybridized carbons (Fsp3) is 0.529. The molecule has 2 aromatic rings. The van der Waals surface area contributed by atoms with Gasteiger partial charge in [-0.15, -0.1) is 13.2 Å². The van der Waals surface area contributed by atoms with Crippen LogP contribution in [0.4, 0.5) is 34.8 Å². The number of hydrogen-bond acceptors (Lipinski definition) is 6. The summed E-state index contributed by atoms with van der Waals surface area (Å²) < 4.78 is 53.6. The van der Waals surface area contributed by atoms with Crippen LogP contribution in [0.2, 0.25) is 0 Å². The summed E-state index contributed by atoms with van der Waals surface area (Å²) in [6.07, 6.45) is 4.80. The lowest BCUT2D eigenvalue weighted by atomic mass is 9.85. The van der Waals surface area contributed by atoms with E-state index in [0.717, 1.165) is 56.4 Å². The summed E-state index contributed by atoms with van der Waals surface area (Å²) >= 11 is 0. The number of pyridine rings is 1. The second kappa shape index (κ2) is 17.8. The first-order chi connectivity index (χ1) is 20.9. The first kappa shape index (κ1) is 36.8. The third-order valence-corrected chi connectivity index (χ3v) is 7.81. The number of aliphatic hydroxyl groups excluding tert-OH is 1. The number of ether oxygens (including phenoxy) is 1. The number of halogens is 4. The Morgan fingerprint density at radius 3 is 2.25 bits per heavy atom. The van der Waals surface area contributed by atoms with Gasteiger partial charge in [0.1, 0.15) is 11.6 Å². The van der Waals surface area contributed by atoms with Gasteiger partial charge in [0, 0.05) is 48.7 Å². The highest BCUT2D eigenvalue weighted by Crippen LogP contribution is 2.42. The maximum Gasteiger partial charge on any atom is 0.573 e. The molecule has 0 bridgehead atoms. The van der Waals surface area contributed by atoms with Gasteiger partial charge >= 0.3 is 6.36 Å². The molecule has 1 atom stereocenters. The molecule has 1 aliphatic heterocycles. The van der Waals surface area contributed by atoms with E-state index in [0.29, 0.717) is 29.8 Å². The fourth-order valence-electron chi connectivity index (χ4n) is 5.06. The van der Waals surface area contributed by atoms with Gasteiger partial charge in [-0.25, -0.2) is 9.37 Å². The molecule has 3 rings (SSSR count). The van der Waals surface area contributed by atoms with Gasteiger partial charge in [0.25, 0.3) is 0 Å². The Morgan fingerprint density at radius 2 is 1.77 bits per heavy atom. The average molecular weight is 622 g/mol. The van der Waals surface area contributed by atoms with E-state index in [4.69, 9.17) is 0 Å². The summed E-state index contributed by atoms with van der Waals surface area (Å²) in [6, 6.07) is 7.75. The number of nitrogens with zero attached hydrogens (tertiary/aromatic N) is 2. The van der Waals surface area contributed by atoms with Gasteiger partial charge in [0.15, 0.2) is 11.6 Å². The van der Waals surface area contributed by atoms with Crippen molar-refractivity contribution in [2.45, 2.75) is 79.5 Å². The number of carbonyl (C=O) groups is 1. The molecule has 0 radical (unpaired) electrons. The summed E-state index contributed by atoms with van der Waals surface area (Å²) in [7, 11) is 0. The van der Waals surface area contributed by atoms with E-state index >= 15 is 0 Å². The Hall–Kier alpha value is -3.40. The first-order valence-corrected chi connectivity index (χ1v) is 15.4. The van der Waals surface area contributed by atoms with E-state index in [-0.39, 0.29) is 18.3 Å². The van der Waals surface area contributed by atoms with Gasteiger partial charge in [-0.3, -0.25) is 4.79 Å². The van der Waals surface area contributed by atoms with Crippen LogP contribution in [0.1, 0.15) is 78.7 Å². The van der Waals surface area contributed by atoms with Crippen molar-refractivity contribution in [2.75, 3.05) is 29.9 Å². The summed E-state index contributed by atoms with van der Waals surface area (Å²) in [4.78, 5) is 17.6. The quantitative estimate of drug-likeness (QED) is 0.153. The highest BCUT2D eigenvalue weighted by atomic mass is 19.4. The van der Waals surface area contributed by atoms with Crippen molar-refractivity contribution in [3.63, 3.8) is 0 Å². The van der Waals surface area contributed by atoms with Crippen LogP contribution in [0.25, 0.3) is 5.57 Å². The average Bonchev–Trinajstić information content (AvgIpc) is 2.97. The molecule has 0 spiro atoms. The molecule has 1 unspecified atom stereocenters. The van der Waals surface area contributed by atoms with E-state index in [1.54, 1.807) is 25.3 Å². The number of aliphatic hydroxyl groups is 1. The lowest BCUT2D eigenvalue weighted by Crippen LogP contribution is -2.47. The molecule has 2 N–H and O–H groups in total. The molecular weight excluding hydrogens is 574 g/mol. The van der Waals surface area contributed by atoms with Gasteiger partial charge in [-0.2, -0.15) is 0 Å². The number of allylic oxidation sites excluding steroid dienone is 3. The molecule has 1 saturated heterocycles. The van der Waals surface area contributed by atoms with E-state index in [1.807, 2.05) is 13.0 Å². The molecule has 0 saturated carbocycles. The zero-order valence-corrected chi connectivity index (χ0v) is 26.5. The number of benzene rings is 1. The first-order valence-electron chi connectivity index (χ1n) is 15.4. The smallest absolute Gasteiger partial charge is 0.406 e. The van der Waals surface area contributed by atoms with Gasteiger partial charge in [-0.1, -0.05) is 53.7 Å². The predicted molar refractivity (Wildman–Crippen MR) is 170 cm³/mol. The van der Waals surface area contributed by atoms with Crippen LogP contribution in [0, 0.1) is 17.8 Å². The normalized spacial score (nSPS) is 14.4. The fourth-order valence-corrected chi connectivity index (χ4v) is 5.06. The minimum Gasteiger partial charge on any atom is -0.406 e. The summed E-state index contributed by atoms with van der Waals surface area (Å²) in [5.74, 6) is -0.269. The van der Waals surface area contributed by atoms with Gasteiger partial charge in [0.05, 0.1) is 0 Å². The van der Waals surface area contributed by atoms with Crippen LogP contribution in [-0.4, -0.2) is 41.9 Å². The zero-order valence-electron chi connectivity index (χ0n) is 26.5. The molecule has 0 amide bonds. The van der Waals surface area contributed by atoms with Crippen molar-refractivity contribution in [1.29, 1.82) is 0 Å². The van der Waals surface area contributed by atoms with Gasteiger partial charge in [0.2, 0.25) is 0 Å². The Labute approximate surface area is 259 Å². The largest absolute Gasteiger partial charge is 0.573 e. The number of alkyl halides is 3. The second-order valence-electron chi connectivity index (χ2n) is 11.1. The third kappa shape index (κ3) is 10.9. The molecule has 1 aliphatic rings. The number of ketones is 1. The number of hydrogen-bond donors (Lipinski definition) is 2.